The fourth-order valence-corrected chi connectivity index (χ4v) is 6.03. The zero-order valence-corrected chi connectivity index (χ0v) is 37.4. The van der Waals surface area contributed by atoms with Gasteiger partial charge >= 0.3 is 29.8 Å². The molecule has 4 aromatic rings. The van der Waals surface area contributed by atoms with Crippen LogP contribution >= 0.6 is 0 Å². The Balaban J connectivity index is 1.35. The van der Waals surface area contributed by atoms with Crippen molar-refractivity contribution in [1.82, 2.24) is 0 Å². The van der Waals surface area contributed by atoms with Gasteiger partial charge in [0, 0.05) is 23.8 Å². The van der Waals surface area contributed by atoms with E-state index in [2.05, 4.69) is 13.2 Å². The Labute approximate surface area is 380 Å². The Hall–Kier alpha value is -7.15. The highest BCUT2D eigenvalue weighted by Crippen LogP contribution is 2.31. The van der Waals surface area contributed by atoms with Crippen LogP contribution in [0, 0.1) is 6.92 Å². The highest BCUT2D eigenvalue weighted by molar-refractivity contribution is 5.95. The lowest BCUT2D eigenvalue weighted by atomic mass is 10.1. The van der Waals surface area contributed by atoms with Gasteiger partial charge in [-0.15, -0.1) is 0 Å². The molecule has 65 heavy (non-hydrogen) atoms. The summed E-state index contributed by atoms with van der Waals surface area (Å²) in [6.45, 7) is 14.4. The van der Waals surface area contributed by atoms with Crippen molar-refractivity contribution in [1.29, 1.82) is 0 Å². The third-order valence-corrected chi connectivity index (χ3v) is 9.52. The Morgan fingerprint density at radius 2 is 1.00 bits per heavy atom. The molecule has 344 valence electrons. The monoisotopic (exact) mass is 890 g/mol. The lowest BCUT2D eigenvalue weighted by Crippen LogP contribution is -2.12. The molecule has 0 bridgehead atoms. The van der Waals surface area contributed by atoms with E-state index in [4.69, 9.17) is 37.9 Å². The van der Waals surface area contributed by atoms with Crippen molar-refractivity contribution in [2.45, 2.75) is 78.6 Å². The summed E-state index contributed by atoms with van der Waals surface area (Å²) in [6.07, 6.45) is 12.9. The summed E-state index contributed by atoms with van der Waals surface area (Å²) in [4.78, 5) is 62.3. The second-order valence-electron chi connectivity index (χ2n) is 14.7. The standard InChI is InChI=1S/C52H58O13/c1-6-18-39-34-40(52(57)65-46-36-43(58-29-7-2)24-19-37(46)5)22-27-44(39)64-50(55)38-20-25-42(26-21-38)63-51(56)41-23-28-45(59-30-14-10-12-16-32-61-48(53)8-3)47(35-41)60-31-15-11-13-17-33-62-49(54)9-4/h6,8-9,18-28,34-36H,3-4,7,10-17,29-33H2,1-2,5H3/b18-6+. The van der Waals surface area contributed by atoms with Crippen LogP contribution in [0.3, 0.4) is 0 Å². The fourth-order valence-electron chi connectivity index (χ4n) is 6.03. The molecule has 0 aromatic heterocycles. The van der Waals surface area contributed by atoms with Gasteiger partial charge < -0.3 is 37.9 Å². The molecule has 0 radical (unpaired) electrons. The van der Waals surface area contributed by atoms with Crippen LogP contribution in [0.5, 0.6) is 34.5 Å². The number of rotatable bonds is 28. The van der Waals surface area contributed by atoms with Crippen LogP contribution in [-0.2, 0) is 19.1 Å². The molecule has 13 nitrogen and oxygen atoms in total. The molecule has 0 fully saturated rings. The van der Waals surface area contributed by atoms with Crippen LogP contribution in [0.25, 0.3) is 6.08 Å². The molecule has 0 unspecified atom stereocenters. The normalized spacial score (nSPS) is 10.7. The molecule has 4 aromatic carbocycles. The van der Waals surface area contributed by atoms with Crippen molar-refractivity contribution in [3.63, 3.8) is 0 Å². The van der Waals surface area contributed by atoms with E-state index >= 15 is 0 Å². The zero-order chi connectivity index (χ0) is 46.8. The SMILES string of the molecule is C=CC(=O)OCCCCCCOc1ccc(C(=O)Oc2ccc(C(=O)Oc3ccc(C(=O)Oc4cc(OCCC)ccc4C)cc3/C=C/C)cc2)cc1OCCCCCCOC(=O)C=C. The van der Waals surface area contributed by atoms with Crippen LogP contribution in [-0.4, -0.2) is 62.9 Å². The lowest BCUT2D eigenvalue weighted by Gasteiger charge is -2.14. The van der Waals surface area contributed by atoms with Crippen LogP contribution in [0.1, 0.15) is 114 Å². The highest BCUT2D eigenvalue weighted by Gasteiger charge is 2.18. The van der Waals surface area contributed by atoms with Crippen LogP contribution in [0.15, 0.2) is 110 Å². The van der Waals surface area contributed by atoms with Crippen molar-refractivity contribution >= 4 is 35.9 Å². The third-order valence-electron chi connectivity index (χ3n) is 9.52. The minimum Gasteiger partial charge on any atom is -0.493 e. The number of esters is 5. The van der Waals surface area contributed by atoms with Crippen molar-refractivity contribution in [2.75, 3.05) is 33.0 Å². The zero-order valence-electron chi connectivity index (χ0n) is 37.4. The summed E-state index contributed by atoms with van der Waals surface area (Å²) in [5.74, 6) is -0.510. The average molecular weight is 891 g/mol. The molecule has 0 heterocycles. The van der Waals surface area contributed by atoms with Crippen LogP contribution < -0.4 is 28.4 Å². The second-order valence-corrected chi connectivity index (χ2v) is 14.7. The molecule has 4 rings (SSSR count). The Morgan fingerprint density at radius 1 is 0.492 bits per heavy atom. The van der Waals surface area contributed by atoms with Gasteiger partial charge in [-0.3, -0.25) is 0 Å². The van der Waals surface area contributed by atoms with Gasteiger partial charge in [-0.1, -0.05) is 38.3 Å². The van der Waals surface area contributed by atoms with E-state index in [1.54, 1.807) is 49.4 Å². The molecule has 0 amide bonds. The molecular weight excluding hydrogens is 833 g/mol. The number of carbonyl (C=O) groups is 5. The van der Waals surface area contributed by atoms with E-state index in [0.717, 1.165) is 69.1 Å². The molecule has 0 saturated carbocycles. The smallest absolute Gasteiger partial charge is 0.343 e. The topological polar surface area (TPSA) is 159 Å². The Kier molecular flexibility index (Phi) is 21.6. The number of aryl methyl sites for hydroxylation is 1. The summed E-state index contributed by atoms with van der Waals surface area (Å²) in [6, 6.07) is 20.7. The van der Waals surface area contributed by atoms with Crippen LogP contribution in [0.2, 0.25) is 0 Å². The maximum Gasteiger partial charge on any atom is 0.343 e. The van der Waals surface area contributed by atoms with E-state index in [-0.39, 0.29) is 28.2 Å². The molecule has 0 N–H and O–H groups in total. The number of hydrogen-bond donors (Lipinski definition) is 0. The third kappa shape index (κ3) is 17.5. The van der Waals surface area contributed by atoms with Crippen LogP contribution in [0.4, 0.5) is 0 Å². The summed E-state index contributed by atoms with van der Waals surface area (Å²) in [5, 5.41) is 0. The minimum absolute atomic E-state index is 0.197. The predicted molar refractivity (Wildman–Crippen MR) is 246 cm³/mol. The number of allylic oxidation sites excluding steroid dienone is 1. The van der Waals surface area contributed by atoms with Gasteiger partial charge in [0.15, 0.2) is 11.5 Å². The maximum atomic E-state index is 13.3. The van der Waals surface area contributed by atoms with Gasteiger partial charge in [-0.25, -0.2) is 24.0 Å². The molecular formula is C52H58O13. The first-order chi connectivity index (χ1) is 31.5. The summed E-state index contributed by atoms with van der Waals surface area (Å²) in [7, 11) is 0. The number of ether oxygens (including phenoxy) is 8. The molecule has 0 spiro atoms. The van der Waals surface area contributed by atoms with Crippen molar-refractivity contribution in [3.8, 4) is 34.5 Å². The molecule has 0 aliphatic carbocycles. The number of carbonyl (C=O) groups excluding carboxylic acids is 5. The second kappa shape index (κ2) is 27.8. The van der Waals surface area contributed by atoms with E-state index < -0.39 is 29.8 Å². The molecule has 0 atom stereocenters. The predicted octanol–water partition coefficient (Wildman–Crippen LogP) is 10.8. The maximum absolute atomic E-state index is 13.3. The van der Waals surface area contributed by atoms with Crippen molar-refractivity contribution in [2.24, 2.45) is 0 Å². The summed E-state index contributed by atoms with van der Waals surface area (Å²) >= 11 is 0. The largest absolute Gasteiger partial charge is 0.493 e. The quantitative estimate of drug-likeness (QED) is 0.0230. The average Bonchev–Trinajstić information content (AvgIpc) is 3.31. The van der Waals surface area contributed by atoms with E-state index in [0.29, 0.717) is 68.0 Å². The van der Waals surface area contributed by atoms with Crippen molar-refractivity contribution in [3.05, 3.63) is 138 Å². The number of unbranched alkanes of at least 4 members (excludes halogenated alkanes) is 6. The van der Waals surface area contributed by atoms with Gasteiger partial charge in [0.1, 0.15) is 23.0 Å². The first-order valence-corrected chi connectivity index (χ1v) is 21.8. The van der Waals surface area contributed by atoms with E-state index in [9.17, 15) is 24.0 Å². The lowest BCUT2D eigenvalue weighted by molar-refractivity contribution is -0.138. The van der Waals surface area contributed by atoms with Gasteiger partial charge in [0.2, 0.25) is 0 Å². The molecule has 13 heteroatoms. The first kappa shape index (κ1) is 50.5. The Morgan fingerprint density at radius 3 is 1.60 bits per heavy atom. The van der Waals surface area contributed by atoms with Gasteiger partial charge in [0.25, 0.3) is 0 Å². The Bertz CT molecular complexity index is 2260. The molecule has 0 aliphatic rings. The van der Waals surface area contributed by atoms with Gasteiger partial charge in [0.05, 0.1) is 49.7 Å². The van der Waals surface area contributed by atoms with E-state index in [1.165, 1.54) is 36.4 Å². The minimum atomic E-state index is -0.661. The van der Waals surface area contributed by atoms with Crippen molar-refractivity contribution < 1.29 is 61.9 Å². The summed E-state index contributed by atoms with van der Waals surface area (Å²) in [5.41, 5.74) is 1.94. The van der Waals surface area contributed by atoms with Gasteiger partial charge in [-0.2, -0.15) is 0 Å². The number of hydrogen-bond acceptors (Lipinski definition) is 13. The molecule has 0 saturated heterocycles. The van der Waals surface area contributed by atoms with Gasteiger partial charge in [-0.05, 0) is 144 Å². The number of benzene rings is 4. The molecule has 0 aliphatic heterocycles. The van der Waals surface area contributed by atoms with E-state index in [1.807, 2.05) is 26.0 Å². The first-order valence-electron chi connectivity index (χ1n) is 21.8. The summed E-state index contributed by atoms with van der Waals surface area (Å²) < 4.78 is 45.0. The fraction of sp³-hybridized carbons (Fsp3) is 0.327. The highest BCUT2D eigenvalue weighted by atomic mass is 16.6.